The first-order valence-corrected chi connectivity index (χ1v) is 8.36. The number of carbonyl (C=O) groups is 3. The Labute approximate surface area is 159 Å². The molecule has 1 aromatic carbocycles. The molecule has 0 heterocycles. The van der Waals surface area contributed by atoms with Gasteiger partial charge >= 0.3 is 12.1 Å². The van der Waals surface area contributed by atoms with E-state index in [-0.39, 0.29) is 13.0 Å². The number of nitrogens with zero attached hydrogens (tertiary/aromatic N) is 2. The normalized spacial score (nSPS) is 11.7. The third-order valence-electron chi connectivity index (χ3n) is 3.48. The van der Waals surface area contributed by atoms with Crippen molar-refractivity contribution in [1.82, 2.24) is 10.2 Å². The van der Waals surface area contributed by atoms with Gasteiger partial charge in [-0.2, -0.15) is 5.26 Å². The van der Waals surface area contributed by atoms with Crippen molar-refractivity contribution in [3.63, 3.8) is 0 Å². The zero-order chi connectivity index (χ0) is 20.6. The van der Waals surface area contributed by atoms with Gasteiger partial charge in [0.25, 0.3) is 0 Å². The van der Waals surface area contributed by atoms with E-state index in [1.165, 1.54) is 19.1 Å². The van der Waals surface area contributed by atoms with Gasteiger partial charge in [-0.15, -0.1) is 0 Å². The molecule has 1 atom stereocenters. The summed E-state index contributed by atoms with van der Waals surface area (Å²) in [6, 6.07) is 7.74. The molecule has 8 nitrogen and oxygen atoms in total. The zero-order valence-electron chi connectivity index (χ0n) is 16.2. The molecule has 0 aliphatic heterocycles. The number of nitriles is 1. The Morgan fingerprint density at radius 3 is 2.30 bits per heavy atom. The van der Waals surface area contributed by atoms with E-state index in [1.807, 2.05) is 6.07 Å². The van der Waals surface area contributed by atoms with Gasteiger partial charge in [0.1, 0.15) is 18.2 Å². The molecular weight excluding hydrogens is 350 g/mol. The van der Waals surface area contributed by atoms with E-state index in [0.29, 0.717) is 5.56 Å². The molecule has 1 unspecified atom stereocenters. The van der Waals surface area contributed by atoms with Gasteiger partial charge in [-0.1, -0.05) is 12.1 Å². The van der Waals surface area contributed by atoms with Gasteiger partial charge in [0, 0.05) is 13.5 Å². The molecule has 0 bridgehead atoms. The van der Waals surface area contributed by atoms with Crippen molar-refractivity contribution in [3.05, 3.63) is 35.4 Å². The summed E-state index contributed by atoms with van der Waals surface area (Å²) in [6.45, 7) is 4.91. The molecule has 27 heavy (non-hydrogen) atoms. The van der Waals surface area contributed by atoms with Crippen molar-refractivity contribution in [3.8, 4) is 6.07 Å². The minimum atomic E-state index is -0.942. The van der Waals surface area contributed by atoms with Crippen LogP contribution in [0.15, 0.2) is 24.3 Å². The lowest BCUT2D eigenvalue weighted by atomic mass is 10.0. The monoisotopic (exact) mass is 375 g/mol. The van der Waals surface area contributed by atoms with Crippen molar-refractivity contribution < 1.29 is 23.9 Å². The number of rotatable bonds is 6. The van der Waals surface area contributed by atoms with E-state index < -0.39 is 29.6 Å². The van der Waals surface area contributed by atoms with Crippen LogP contribution in [0.3, 0.4) is 0 Å². The maximum Gasteiger partial charge on any atom is 0.408 e. The molecule has 0 aliphatic carbocycles. The van der Waals surface area contributed by atoms with Gasteiger partial charge in [0.15, 0.2) is 0 Å². The number of ether oxygens (including phenoxy) is 2. The van der Waals surface area contributed by atoms with Gasteiger partial charge in [0.05, 0.1) is 18.7 Å². The van der Waals surface area contributed by atoms with E-state index in [4.69, 9.17) is 10.00 Å². The van der Waals surface area contributed by atoms with E-state index in [0.717, 1.165) is 5.56 Å². The SMILES string of the molecule is COC(=O)CN(C)C(=O)C(Cc1ccc(C#N)cc1)NC(=O)OC(C)(C)C. The number of esters is 1. The molecular formula is C19H25N3O5. The molecule has 0 saturated heterocycles. The number of carbonyl (C=O) groups excluding carboxylic acids is 3. The molecule has 0 aromatic heterocycles. The highest BCUT2D eigenvalue weighted by atomic mass is 16.6. The smallest absolute Gasteiger partial charge is 0.408 e. The van der Waals surface area contributed by atoms with Crippen LogP contribution in [0.25, 0.3) is 0 Å². The summed E-state index contributed by atoms with van der Waals surface area (Å²) in [4.78, 5) is 37.5. The quantitative estimate of drug-likeness (QED) is 0.757. The first-order valence-electron chi connectivity index (χ1n) is 8.36. The van der Waals surface area contributed by atoms with Crippen molar-refractivity contribution >= 4 is 18.0 Å². The molecule has 1 N–H and O–H groups in total. The summed E-state index contributed by atoms with van der Waals surface area (Å²) < 4.78 is 9.79. The van der Waals surface area contributed by atoms with E-state index in [9.17, 15) is 14.4 Å². The van der Waals surface area contributed by atoms with Crippen LogP contribution >= 0.6 is 0 Å². The lowest BCUT2D eigenvalue weighted by Gasteiger charge is -2.26. The molecule has 1 aromatic rings. The Bertz CT molecular complexity index is 716. The van der Waals surface area contributed by atoms with Crippen LogP contribution in [-0.2, 0) is 25.5 Å². The Morgan fingerprint density at radius 2 is 1.81 bits per heavy atom. The number of nitrogens with one attached hydrogen (secondary N) is 1. The molecule has 146 valence electrons. The van der Waals surface area contributed by atoms with Gasteiger partial charge in [-0.05, 0) is 38.5 Å². The highest BCUT2D eigenvalue weighted by Crippen LogP contribution is 2.11. The van der Waals surface area contributed by atoms with Crippen LogP contribution in [0, 0.1) is 11.3 Å². The summed E-state index contributed by atoms with van der Waals surface area (Å²) >= 11 is 0. The highest BCUT2D eigenvalue weighted by Gasteiger charge is 2.28. The average Bonchev–Trinajstić information content (AvgIpc) is 2.59. The fraction of sp³-hybridized carbons (Fsp3) is 0.474. The molecule has 0 saturated carbocycles. The minimum absolute atomic E-state index is 0.176. The van der Waals surface area contributed by atoms with E-state index in [2.05, 4.69) is 10.1 Å². The molecule has 8 heteroatoms. The van der Waals surface area contributed by atoms with Crippen molar-refractivity contribution in [2.24, 2.45) is 0 Å². The second-order valence-corrected chi connectivity index (χ2v) is 6.98. The first kappa shape index (κ1) is 22.0. The van der Waals surface area contributed by atoms with Crippen LogP contribution in [0.2, 0.25) is 0 Å². The van der Waals surface area contributed by atoms with Crippen molar-refractivity contribution in [1.29, 1.82) is 5.26 Å². The van der Waals surface area contributed by atoms with Crippen LogP contribution < -0.4 is 5.32 Å². The fourth-order valence-corrected chi connectivity index (χ4v) is 2.20. The van der Waals surface area contributed by atoms with Crippen LogP contribution in [0.4, 0.5) is 4.79 Å². The Kier molecular flexibility index (Phi) is 7.79. The van der Waals surface area contributed by atoms with Crippen LogP contribution in [0.1, 0.15) is 31.9 Å². The second-order valence-electron chi connectivity index (χ2n) is 6.98. The standard InChI is InChI=1S/C19H25N3O5/c1-19(2,3)27-18(25)21-15(17(24)22(4)12-16(23)26-5)10-13-6-8-14(11-20)9-7-13/h6-9,15H,10,12H2,1-5H3,(H,21,25). The van der Waals surface area contributed by atoms with Crippen LogP contribution in [-0.4, -0.2) is 55.2 Å². The summed E-state index contributed by atoms with van der Waals surface area (Å²) in [5.41, 5.74) is 0.517. The lowest BCUT2D eigenvalue weighted by Crippen LogP contribution is -2.50. The number of methoxy groups -OCH3 is 1. The summed E-state index contributed by atoms with van der Waals surface area (Å²) in [5.74, 6) is -1.03. The summed E-state index contributed by atoms with van der Waals surface area (Å²) in [7, 11) is 2.68. The third-order valence-corrected chi connectivity index (χ3v) is 3.48. The Balaban J connectivity index is 2.96. The molecule has 0 fully saturated rings. The number of amides is 2. The second kappa shape index (κ2) is 9.57. The van der Waals surface area contributed by atoms with Gasteiger partial charge in [-0.25, -0.2) is 4.79 Å². The number of likely N-dealkylation sites (N-methyl/N-ethyl adjacent to an activating group) is 1. The van der Waals surface area contributed by atoms with Crippen LogP contribution in [0.5, 0.6) is 0 Å². The molecule has 0 aliphatic rings. The molecule has 0 radical (unpaired) electrons. The summed E-state index contributed by atoms with van der Waals surface area (Å²) in [5, 5.41) is 11.4. The molecule has 0 spiro atoms. The average molecular weight is 375 g/mol. The maximum absolute atomic E-state index is 12.7. The van der Waals surface area contributed by atoms with E-state index in [1.54, 1.807) is 45.0 Å². The number of hydrogen-bond donors (Lipinski definition) is 1. The fourth-order valence-electron chi connectivity index (χ4n) is 2.20. The number of alkyl carbamates (subject to hydrolysis) is 1. The highest BCUT2D eigenvalue weighted by molar-refractivity contribution is 5.88. The molecule has 1 rings (SSSR count). The predicted octanol–water partition coefficient (Wildman–Crippen LogP) is 1.63. The van der Waals surface area contributed by atoms with Gasteiger partial charge < -0.3 is 19.7 Å². The minimum Gasteiger partial charge on any atom is -0.468 e. The third kappa shape index (κ3) is 7.77. The largest absolute Gasteiger partial charge is 0.468 e. The Morgan fingerprint density at radius 1 is 1.22 bits per heavy atom. The number of hydrogen-bond acceptors (Lipinski definition) is 6. The first-order chi connectivity index (χ1) is 12.6. The van der Waals surface area contributed by atoms with Gasteiger partial charge in [-0.3, -0.25) is 9.59 Å². The van der Waals surface area contributed by atoms with Crippen molar-refractivity contribution in [2.45, 2.75) is 38.8 Å². The Hall–Kier alpha value is -3.08. The lowest BCUT2D eigenvalue weighted by molar-refractivity contribution is -0.146. The predicted molar refractivity (Wildman–Crippen MR) is 97.7 cm³/mol. The van der Waals surface area contributed by atoms with Gasteiger partial charge in [0.2, 0.25) is 5.91 Å². The van der Waals surface area contributed by atoms with E-state index >= 15 is 0 Å². The maximum atomic E-state index is 12.7. The summed E-state index contributed by atoms with van der Waals surface area (Å²) in [6.07, 6.45) is -0.559. The number of benzene rings is 1. The zero-order valence-corrected chi connectivity index (χ0v) is 16.2. The topological polar surface area (TPSA) is 109 Å². The van der Waals surface area contributed by atoms with Crippen molar-refractivity contribution in [2.75, 3.05) is 20.7 Å². The molecule has 2 amide bonds.